The second-order valence-electron chi connectivity index (χ2n) is 12.0. The minimum atomic E-state index is -1.87. The van der Waals surface area contributed by atoms with Crippen molar-refractivity contribution in [3.63, 3.8) is 0 Å². The molecule has 0 amide bonds. The molecule has 2 aliphatic rings. The maximum Gasteiger partial charge on any atom is 0.311 e. The first kappa shape index (κ1) is 32.4. The van der Waals surface area contributed by atoms with Gasteiger partial charge in [0.05, 0.1) is 42.0 Å². The van der Waals surface area contributed by atoms with E-state index in [1.165, 1.54) is 20.8 Å². The van der Waals surface area contributed by atoms with Gasteiger partial charge in [-0.15, -0.1) is 0 Å². The lowest BCUT2D eigenvalue weighted by Crippen LogP contribution is -2.58. The number of hydrogen-bond acceptors (Lipinski definition) is 10. The molecule has 2 heterocycles. The third-order valence-corrected chi connectivity index (χ3v) is 8.58. The van der Waals surface area contributed by atoms with Gasteiger partial charge in [-0.1, -0.05) is 27.7 Å². The lowest BCUT2D eigenvalue weighted by atomic mass is 9.73. The van der Waals surface area contributed by atoms with Crippen molar-refractivity contribution in [2.45, 2.75) is 141 Å². The SMILES string of the molecule is CC[C@H]1OC(=O)[C@H](C)[C@@H](O)[C@H](C)[C@@H](O[C@@H]2O[C@H](C)CC[C@H]2O)C(C)(O)C[C@@H](C)[C@H](O)[C@H](C)[C@@H](O)[C@]1(C)O. The van der Waals surface area contributed by atoms with Gasteiger partial charge in [0, 0.05) is 11.8 Å². The van der Waals surface area contributed by atoms with Crippen LogP contribution >= 0.6 is 0 Å². The van der Waals surface area contributed by atoms with E-state index < -0.39 is 83.8 Å². The fraction of sp³-hybridized carbons (Fsp3) is 0.963. The van der Waals surface area contributed by atoms with E-state index in [0.29, 0.717) is 12.8 Å². The number of rotatable bonds is 3. The monoisotopic (exact) mass is 534 g/mol. The largest absolute Gasteiger partial charge is 0.459 e. The highest BCUT2D eigenvalue weighted by Crippen LogP contribution is 2.38. The van der Waals surface area contributed by atoms with Crippen molar-refractivity contribution in [2.75, 3.05) is 0 Å². The Morgan fingerprint density at radius 3 is 2.11 bits per heavy atom. The summed E-state index contributed by atoms with van der Waals surface area (Å²) >= 11 is 0. The summed E-state index contributed by atoms with van der Waals surface area (Å²) in [6.07, 6.45) is -6.95. The molecule has 2 saturated heterocycles. The molecule has 14 atom stereocenters. The second-order valence-corrected chi connectivity index (χ2v) is 12.0. The molecule has 0 aromatic rings. The molecule has 2 fully saturated rings. The Bertz CT molecular complexity index is 743. The van der Waals surface area contributed by atoms with Gasteiger partial charge in [0.1, 0.15) is 17.8 Å². The molecule has 0 aliphatic carbocycles. The van der Waals surface area contributed by atoms with Crippen LogP contribution in [-0.2, 0) is 19.0 Å². The first-order chi connectivity index (χ1) is 16.9. The number of hydrogen-bond donors (Lipinski definition) is 6. The van der Waals surface area contributed by atoms with E-state index in [4.69, 9.17) is 14.2 Å². The normalized spacial score (nSPS) is 51.2. The first-order valence-electron chi connectivity index (χ1n) is 13.6. The first-order valence-corrected chi connectivity index (χ1v) is 13.6. The van der Waals surface area contributed by atoms with Crippen molar-refractivity contribution in [3.8, 4) is 0 Å². The highest BCUT2D eigenvalue weighted by molar-refractivity contribution is 5.73. The minimum Gasteiger partial charge on any atom is -0.459 e. The van der Waals surface area contributed by atoms with Gasteiger partial charge in [0.2, 0.25) is 0 Å². The summed E-state index contributed by atoms with van der Waals surface area (Å²) in [7, 11) is 0. The van der Waals surface area contributed by atoms with E-state index in [2.05, 4.69) is 0 Å². The Kier molecular flexibility index (Phi) is 11.0. The van der Waals surface area contributed by atoms with Gasteiger partial charge in [0.25, 0.3) is 0 Å². The van der Waals surface area contributed by atoms with Gasteiger partial charge < -0.3 is 44.8 Å². The van der Waals surface area contributed by atoms with Crippen LogP contribution < -0.4 is 0 Å². The Labute approximate surface area is 220 Å². The van der Waals surface area contributed by atoms with Crippen LogP contribution in [0, 0.1) is 23.7 Å². The Morgan fingerprint density at radius 2 is 1.54 bits per heavy atom. The lowest BCUT2D eigenvalue weighted by molar-refractivity contribution is -0.290. The molecule has 0 aromatic heterocycles. The van der Waals surface area contributed by atoms with Crippen LogP contribution in [0.3, 0.4) is 0 Å². The van der Waals surface area contributed by atoms with Crippen molar-refractivity contribution in [2.24, 2.45) is 23.7 Å². The van der Waals surface area contributed by atoms with E-state index in [-0.39, 0.29) is 18.9 Å². The minimum absolute atomic E-state index is 0.00347. The highest BCUT2D eigenvalue weighted by atomic mass is 16.7. The van der Waals surface area contributed by atoms with E-state index in [1.807, 2.05) is 6.92 Å². The summed E-state index contributed by atoms with van der Waals surface area (Å²) in [6, 6.07) is 0. The number of carbonyl (C=O) groups is 1. The number of aliphatic hydroxyl groups is 6. The molecular formula is C27H50O10. The van der Waals surface area contributed by atoms with E-state index in [9.17, 15) is 35.4 Å². The molecule has 1 unspecified atom stereocenters. The van der Waals surface area contributed by atoms with Gasteiger partial charge in [-0.2, -0.15) is 0 Å². The van der Waals surface area contributed by atoms with Crippen LogP contribution in [0.1, 0.15) is 81.1 Å². The topological polar surface area (TPSA) is 166 Å². The van der Waals surface area contributed by atoms with E-state index >= 15 is 0 Å². The Hall–Kier alpha value is -0.850. The zero-order chi connectivity index (χ0) is 28.5. The summed E-state index contributed by atoms with van der Waals surface area (Å²) in [5, 5.41) is 66.7. The summed E-state index contributed by atoms with van der Waals surface area (Å²) in [4.78, 5) is 13.1. The van der Waals surface area contributed by atoms with Crippen LogP contribution in [0.4, 0.5) is 0 Å². The molecule has 2 rings (SSSR count). The molecule has 0 radical (unpaired) electrons. The molecule has 0 aromatic carbocycles. The average Bonchev–Trinajstić information content (AvgIpc) is 2.83. The van der Waals surface area contributed by atoms with Crippen molar-refractivity contribution in [3.05, 3.63) is 0 Å². The molecule has 37 heavy (non-hydrogen) atoms. The third-order valence-electron chi connectivity index (χ3n) is 8.58. The molecular weight excluding hydrogens is 484 g/mol. The van der Waals surface area contributed by atoms with Crippen LogP contribution in [-0.4, -0.2) is 96.8 Å². The number of carbonyl (C=O) groups excluding carboxylic acids is 1. The quantitative estimate of drug-likeness (QED) is 0.289. The van der Waals surface area contributed by atoms with Crippen LogP contribution in [0.15, 0.2) is 0 Å². The standard InChI is InChI=1S/C27H50O10/c1-9-19-27(8,34)22(31)15(4)20(29)13(2)12-26(7,33)23(16(5)21(30)17(6)24(32)36-19)37-25-18(28)11-10-14(3)35-25/h13-23,25,28-31,33-34H,9-12H2,1-8H3/t13-,14-,15+,16+,17-,18-,19-,20+,21+,22-,23-,25+,26?,27-/m1/s1. The van der Waals surface area contributed by atoms with E-state index in [0.717, 1.165) is 0 Å². The van der Waals surface area contributed by atoms with Crippen molar-refractivity contribution >= 4 is 5.97 Å². The average molecular weight is 535 g/mol. The number of cyclic esters (lactones) is 1. The van der Waals surface area contributed by atoms with Crippen LogP contribution in [0.5, 0.6) is 0 Å². The molecule has 0 bridgehead atoms. The summed E-state index contributed by atoms with van der Waals surface area (Å²) in [5.41, 5.74) is -3.51. The number of ether oxygens (including phenoxy) is 3. The molecule has 10 nitrogen and oxygen atoms in total. The maximum atomic E-state index is 13.1. The molecule has 2 aliphatic heterocycles. The fourth-order valence-electron chi connectivity index (χ4n) is 5.99. The predicted octanol–water partition coefficient (Wildman–Crippen LogP) is 1.11. The summed E-state index contributed by atoms with van der Waals surface area (Å²) in [6.45, 7) is 12.9. The molecule has 0 saturated carbocycles. The number of aliphatic hydroxyl groups excluding tert-OH is 4. The fourth-order valence-corrected chi connectivity index (χ4v) is 5.99. The second kappa shape index (κ2) is 12.6. The van der Waals surface area contributed by atoms with Gasteiger partial charge in [-0.05, 0) is 59.3 Å². The molecule has 10 heteroatoms. The van der Waals surface area contributed by atoms with Gasteiger partial charge in [-0.25, -0.2) is 0 Å². The molecule has 218 valence electrons. The van der Waals surface area contributed by atoms with Crippen molar-refractivity contribution in [1.29, 1.82) is 0 Å². The van der Waals surface area contributed by atoms with Gasteiger partial charge in [-0.3, -0.25) is 4.79 Å². The predicted molar refractivity (Wildman–Crippen MR) is 135 cm³/mol. The van der Waals surface area contributed by atoms with Crippen molar-refractivity contribution in [1.82, 2.24) is 0 Å². The highest BCUT2D eigenvalue weighted by Gasteiger charge is 2.50. The molecule has 0 spiro atoms. The lowest BCUT2D eigenvalue weighted by Gasteiger charge is -2.46. The smallest absolute Gasteiger partial charge is 0.311 e. The third kappa shape index (κ3) is 7.22. The zero-order valence-corrected chi connectivity index (χ0v) is 23.6. The van der Waals surface area contributed by atoms with Crippen molar-refractivity contribution < 1.29 is 49.6 Å². The summed E-state index contributed by atoms with van der Waals surface area (Å²) in [5.74, 6) is -4.05. The Balaban J connectivity index is 2.51. The van der Waals surface area contributed by atoms with Gasteiger partial charge >= 0.3 is 5.97 Å². The Morgan fingerprint density at radius 1 is 0.946 bits per heavy atom. The number of esters is 1. The van der Waals surface area contributed by atoms with Crippen LogP contribution in [0.2, 0.25) is 0 Å². The maximum absolute atomic E-state index is 13.1. The zero-order valence-electron chi connectivity index (χ0n) is 23.6. The van der Waals surface area contributed by atoms with Gasteiger partial charge in [0.15, 0.2) is 6.29 Å². The van der Waals surface area contributed by atoms with Crippen LogP contribution in [0.25, 0.3) is 0 Å². The summed E-state index contributed by atoms with van der Waals surface area (Å²) < 4.78 is 17.5. The molecule has 6 N–H and O–H groups in total. The van der Waals surface area contributed by atoms with E-state index in [1.54, 1.807) is 27.7 Å².